The summed E-state index contributed by atoms with van der Waals surface area (Å²) in [6.45, 7) is 3.94. The van der Waals surface area contributed by atoms with Gasteiger partial charge in [0.1, 0.15) is 5.82 Å². The summed E-state index contributed by atoms with van der Waals surface area (Å²) in [6.07, 6.45) is 7.64. The summed E-state index contributed by atoms with van der Waals surface area (Å²) in [6, 6.07) is 2.54. The van der Waals surface area contributed by atoms with Crippen molar-refractivity contribution in [2.75, 3.05) is 13.1 Å². The Labute approximate surface area is 152 Å². The van der Waals surface area contributed by atoms with Crippen molar-refractivity contribution >= 4 is 17.2 Å². The van der Waals surface area contributed by atoms with Gasteiger partial charge in [0.05, 0.1) is 12.1 Å². The average molecular weight is 359 g/mol. The van der Waals surface area contributed by atoms with E-state index < -0.39 is 0 Å². The first kappa shape index (κ1) is 16.8. The molecule has 2 aliphatic rings. The SMILES string of the molecule is Cn1ccnc1CN(Cc1cc(C(N)=O)cs1)[C@H]1CC12CCNCC2. The number of imidazole rings is 1. The molecule has 25 heavy (non-hydrogen) atoms. The quantitative estimate of drug-likeness (QED) is 0.823. The van der Waals surface area contributed by atoms with E-state index in [9.17, 15) is 4.79 Å². The number of primary amides is 1. The maximum atomic E-state index is 11.4. The van der Waals surface area contributed by atoms with Crippen LogP contribution in [-0.4, -0.2) is 39.5 Å². The molecule has 4 rings (SSSR count). The molecule has 0 radical (unpaired) electrons. The molecule has 3 N–H and O–H groups in total. The van der Waals surface area contributed by atoms with Crippen LogP contribution >= 0.6 is 11.3 Å². The van der Waals surface area contributed by atoms with Crippen LogP contribution in [0.3, 0.4) is 0 Å². The minimum Gasteiger partial charge on any atom is -0.366 e. The van der Waals surface area contributed by atoms with E-state index in [0.717, 1.165) is 32.0 Å². The second-order valence-electron chi connectivity index (χ2n) is 7.36. The summed E-state index contributed by atoms with van der Waals surface area (Å²) in [4.78, 5) is 19.6. The Kier molecular flexibility index (Phi) is 4.39. The van der Waals surface area contributed by atoms with Gasteiger partial charge in [-0.15, -0.1) is 11.3 Å². The van der Waals surface area contributed by atoms with E-state index in [0.29, 0.717) is 17.0 Å². The molecule has 1 spiro atoms. The van der Waals surface area contributed by atoms with Gasteiger partial charge in [0.2, 0.25) is 5.91 Å². The lowest BCUT2D eigenvalue weighted by molar-refractivity contribution is 0.100. The second-order valence-corrected chi connectivity index (χ2v) is 8.35. The number of rotatable bonds is 6. The Hall–Kier alpha value is -1.70. The predicted molar refractivity (Wildman–Crippen MR) is 98.2 cm³/mol. The normalized spacial score (nSPS) is 21.8. The molecule has 3 heterocycles. The van der Waals surface area contributed by atoms with Crippen LogP contribution in [0.25, 0.3) is 0 Å². The van der Waals surface area contributed by atoms with E-state index in [4.69, 9.17) is 5.73 Å². The van der Waals surface area contributed by atoms with E-state index >= 15 is 0 Å². The fraction of sp³-hybridized carbons (Fsp3) is 0.556. The number of aromatic nitrogens is 2. The Bertz CT molecular complexity index is 761. The first-order chi connectivity index (χ1) is 12.1. The molecular formula is C18H25N5OS. The number of piperidine rings is 1. The van der Waals surface area contributed by atoms with E-state index in [1.807, 2.05) is 30.9 Å². The lowest BCUT2D eigenvalue weighted by Gasteiger charge is -2.29. The van der Waals surface area contributed by atoms with E-state index in [1.54, 1.807) is 11.3 Å². The number of thiophene rings is 1. The zero-order valence-corrected chi connectivity index (χ0v) is 15.4. The summed E-state index contributed by atoms with van der Waals surface area (Å²) in [7, 11) is 2.05. The van der Waals surface area contributed by atoms with Gasteiger partial charge >= 0.3 is 0 Å². The molecule has 6 nitrogen and oxygen atoms in total. The van der Waals surface area contributed by atoms with Crippen molar-refractivity contribution in [3.63, 3.8) is 0 Å². The summed E-state index contributed by atoms with van der Waals surface area (Å²) >= 11 is 1.62. The summed E-state index contributed by atoms with van der Waals surface area (Å²) in [5.41, 5.74) is 6.49. The number of carbonyl (C=O) groups excluding carboxylic acids is 1. The van der Waals surface area contributed by atoms with Crippen molar-refractivity contribution in [1.82, 2.24) is 19.8 Å². The number of nitrogens with one attached hydrogen (secondary N) is 1. The lowest BCUT2D eigenvalue weighted by atomic mass is 9.93. The van der Waals surface area contributed by atoms with Crippen molar-refractivity contribution in [3.05, 3.63) is 40.1 Å². The van der Waals surface area contributed by atoms with Crippen molar-refractivity contribution in [1.29, 1.82) is 0 Å². The highest BCUT2D eigenvalue weighted by Gasteiger charge is 2.56. The summed E-state index contributed by atoms with van der Waals surface area (Å²) < 4.78 is 2.09. The van der Waals surface area contributed by atoms with Gasteiger partial charge < -0.3 is 15.6 Å². The monoisotopic (exact) mass is 359 g/mol. The number of hydrogen-bond donors (Lipinski definition) is 2. The Morgan fingerprint density at radius 1 is 1.48 bits per heavy atom. The average Bonchev–Trinajstić information content (AvgIpc) is 2.95. The first-order valence-electron chi connectivity index (χ1n) is 8.86. The number of aryl methyl sites for hydroxylation is 1. The molecule has 2 aromatic heterocycles. The minimum absolute atomic E-state index is 0.348. The van der Waals surface area contributed by atoms with Crippen LogP contribution in [0.5, 0.6) is 0 Å². The number of hydrogen-bond acceptors (Lipinski definition) is 5. The molecular weight excluding hydrogens is 334 g/mol. The summed E-state index contributed by atoms with van der Waals surface area (Å²) in [5, 5.41) is 5.34. The highest BCUT2D eigenvalue weighted by atomic mass is 32.1. The molecule has 0 aromatic carbocycles. The predicted octanol–water partition coefficient (Wildman–Crippen LogP) is 1.72. The number of nitrogens with two attached hydrogens (primary N) is 1. The maximum Gasteiger partial charge on any atom is 0.249 e. The Balaban J connectivity index is 1.53. The van der Waals surface area contributed by atoms with Gasteiger partial charge in [0.15, 0.2) is 0 Å². The van der Waals surface area contributed by atoms with E-state index in [-0.39, 0.29) is 5.91 Å². The van der Waals surface area contributed by atoms with Crippen LogP contribution in [-0.2, 0) is 20.1 Å². The Morgan fingerprint density at radius 3 is 2.92 bits per heavy atom. The third-order valence-corrected chi connectivity index (χ3v) is 6.67. The number of amides is 1. The van der Waals surface area contributed by atoms with Crippen LogP contribution in [0, 0.1) is 5.41 Å². The second kappa shape index (κ2) is 6.55. The fourth-order valence-electron chi connectivity index (χ4n) is 4.10. The number of carbonyl (C=O) groups is 1. The van der Waals surface area contributed by atoms with Crippen LogP contribution < -0.4 is 11.1 Å². The number of nitrogens with zero attached hydrogens (tertiary/aromatic N) is 3. The first-order valence-corrected chi connectivity index (χ1v) is 9.73. The zero-order valence-electron chi connectivity index (χ0n) is 14.6. The van der Waals surface area contributed by atoms with Crippen molar-refractivity contribution in [2.45, 2.75) is 38.4 Å². The molecule has 2 aromatic rings. The van der Waals surface area contributed by atoms with Crippen LogP contribution in [0.15, 0.2) is 23.8 Å². The van der Waals surface area contributed by atoms with Gasteiger partial charge in [-0.3, -0.25) is 9.69 Å². The molecule has 1 atom stereocenters. The van der Waals surface area contributed by atoms with Gasteiger partial charge in [-0.1, -0.05) is 0 Å². The van der Waals surface area contributed by atoms with Gasteiger partial charge in [0, 0.05) is 42.3 Å². The zero-order chi connectivity index (χ0) is 17.4. The van der Waals surface area contributed by atoms with Crippen molar-refractivity contribution in [2.24, 2.45) is 18.2 Å². The molecule has 1 saturated heterocycles. The van der Waals surface area contributed by atoms with E-state index in [2.05, 4.69) is 19.8 Å². The van der Waals surface area contributed by atoms with Gasteiger partial charge in [-0.05, 0) is 43.8 Å². The highest BCUT2D eigenvalue weighted by molar-refractivity contribution is 7.10. The molecule has 2 fully saturated rings. The third kappa shape index (κ3) is 3.36. The molecule has 1 aliphatic heterocycles. The highest BCUT2D eigenvalue weighted by Crippen LogP contribution is 2.56. The van der Waals surface area contributed by atoms with Gasteiger partial charge in [0.25, 0.3) is 0 Å². The Morgan fingerprint density at radius 2 is 2.28 bits per heavy atom. The smallest absolute Gasteiger partial charge is 0.249 e. The third-order valence-electron chi connectivity index (χ3n) is 5.75. The molecule has 0 unspecified atom stereocenters. The van der Waals surface area contributed by atoms with Crippen LogP contribution in [0.4, 0.5) is 0 Å². The molecule has 134 valence electrons. The lowest BCUT2D eigenvalue weighted by Crippen LogP contribution is -2.36. The molecule has 7 heteroatoms. The molecule has 1 amide bonds. The minimum atomic E-state index is -0.348. The summed E-state index contributed by atoms with van der Waals surface area (Å²) in [5.74, 6) is 0.738. The molecule has 0 bridgehead atoms. The fourth-order valence-corrected chi connectivity index (χ4v) is 5.00. The molecule has 1 aliphatic carbocycles. The molecule has 1 saturated carbocycles. The maximum absolute atomic E-state index is 11.4. The van der Waals surface area contributed by atoms with E-state index in [1.165, 1.54) is 24.1 Å². The van der Waals surface area contributed by atoms with Crippen LogP contribution in [0.2, 0.25) is 0 Å². The van der Waals surface area contributed by atoms with Gasteiger partial charge in [-0.25, -0.2) is 4.98 Å². The van der Waals surface area contributed by atoms with Crippen molar-refractivity contribution in [3.8, 4) is 0 Å². The standard InChI is InChI=1S/C18H25N5OS/c1-22-7-6-21-16(22)11-23(10-14-8-13(12-25-14)17(19)24)15-9-18(15)2-4-20-5-3-18/h6-8,12,15,20H,2-5,9-11H2,1H3,(H2,19,24)/t15-/m0/s1. The topological polar surface area (TPSA) is 76.2 Å². The van der Waals surface area contributed by atoms with Crippen LogP contribution in [0.1, 0.15) is 40.3 Å². The largest absolute Gasteiger partial charge is 0.366 e. The van der Waals surface area contributed by atoms with Gasteiger partial charge in [-0.2, -0.15) is 0 Å². The van der Waals surface area contributed by atoms with Crippen molar-refractivity contribution < 1.29 is 4.79 Å².